The molecule has 22 heavy (non-hydrogen) atoms. The summed E-state index contributed by atoms with van der Waals surface area (Å²) >= 11 is -3.50. The van der Waals surface area contributed by atoms with E-state index in [1.165, 1.54) is 0 Å². The van der Waals surface area contributed by atoms with Crippen LogP contribution >= 0.6 is 0 Å². The fourth-order valence-corrected chi connectivity index (χ4v) is 8.56. The van der Waals surface area contributed by atoms with Gasteiger partial charge in [-0.15, -0.1) is 0 Å². The number of nitrogens with zero attached hydrogens (tertiary/aromatic N) is 2. The van der Waals surface area contributed by atoms with E-state index in [1.54, 1.807) is 0 Å². The zero-order valence-electron chi connectivity index (χ0n) is 15.7. The van der Waals surface area contributed by atoms with E-state index in [2.05, 4.69) is 34.5 Å². The van der Waals surface area contributed by atoms with Crippen LogP contribution in [-0.2, 0) is 9.47 Å². The molecule has 0 aromatic heterocycles. The Hall–Kier alpha value is 0.0257. The molecule has 1 aliphatic heterocycles. The average Bonchev–Trinajstić information content (AvgIpc) is 2.31. The summed E-state index contributed by atoms with van der Waals surface area (Å²) in [6.07, 6.45) is 0. The van der Waals surface area contributed by atoms with Gasteiger partial charge in [0.2, 0.25) is 0 Å². The molecule has 0 saturated heterocycles. The molecule has 0 radical (unpaired) electrons. The first kappa shape index (κ1) is 20.1. The third kappa shape index (κ3) is 7.07. The Morgan fingerprint density at radius 3 is 1.27 bits per heavy atom. The Morgan fingerprint density at radius 1 is 0.727 bits per heavy atom. The summed E-state index contributed by atoms with van der Waals surface area (Å²) in [6.45, 7) is 5.37. The van der Waals surface area contributed by atoms with Crippen LogP contribution in [0.15, 0.2) is 9.98 Å². The summed E-state index contributed by atoms with van der Waals surface area (Å²) < 4.78 is 11.7. The van der Waals surface area contributed by atoms with Gasteiger partial charge in [0.25, 0.3) is 0 Å². The van der Waals surface area contributed by atoms with Crippen molar-refractivity contribution in [3.63, 3.8) is 0 Å². The van der Waals surface area contributed by atoms with Crippen LogP contribution in [0.2, 0.25) is 45.0 Å². The predicted octanol–water partition coefficient (Wildman–Crippen LogP) is 4.28. The zero-order valence-corrected chi connectivity index (χ0v) is 19.9. The molecule has 0 aromatic carbocycles. The summed E-state index contributed by atoms with van der Waals surface area (Å²) in [4.78, 5) is 9.88. The molecular weight excluding hydrogens is 397 g/mol. The van der Waals surface area contributed by atoms with Crippen LogP contribution in [0.1, 0.15) is 13.8 Å². The Balaban J connectivity index is 3.06. The van der Waals surface area contributed by atoms with Gasteiger partial charge < -0.3 is 0 Å². The predicted molar refractivity (Wildman–Crippen MR) is 102 cm³/mol. The molecule has 0 N–H and O–H groups in total. The first-order valence-corrected chi connectivity index (χ1v) is 24.0. The van der Waals surface area contributed by atoms with E-state index < -0.39 is 26.5 Å². The number of aliphatic imine (C=N–C) groups is 2. The number of hydrogen-bond donors (Lipinski definition) is 0. The van der Waals surface area contributed by atoms with E-state index in [1.807, 2.05) is 13.8 Å². The van der Waals surface area contributed by atoms with Gasteiger partial charge in [-0.05, 0) is 0 Å². The Morgan fingerprint density at radius 2 is 1.05 bits per heavy atom. The molecule has 0 fully saturated rings. The van der Waals surface area contributed by atoms with Crippen LogP contribution in [0.3, 0.4) is 0 Å². The summed E-state index contributed by atoms with van der Waals surface area (Å²) in [7, 11) is 0. The standard InChI is InChI=1S/C16H34Ge2N2O2/c1-9-21-15-13(11-17(3,4)5)20-16(22-10-2)14(19-15)12-18(6,7)8/h13-14H,9-12H2,1-8H3. The monoisotopic (exact) mass is 434 g/mol. The molecule has 0 spiro atoms. The van der Waals surface area contributed by atoms with E-state index in [4.69, 9.17) is 19.5 Å². The van der Waals surface area contributed by atoms with E-state index >= 15 is 0 Å². The number of hydrogen-bond acceptors (Lipinski definition) is 4. The second-order valence-corrected chi connectivity index (χ2v) is 31.6. The molecule has 1 heterocycles. The first-order valence-electron chi connectivity index (χ1n) is 8.46. The third-order valence-corrected chi connectivity index (χ3v) is 10.1. The molecule has 0 aromatic rings. The van der Waals surface area contributed by atoms with Gasteiger partial charge in [0.05, 0.1) is 0 Å². The van der Waals surface area contributed by atoms with E-state index in [-0.39, 0.29) is 12.1 Å². The van der Waals surface area contributed by atoms with Gasteiger partial charge in [-0.25, -0.2) is 0 Å². The van der Waals surface area contributed by atoms with Crippen LogP contribution < -0.4 is 0 Å². The summed E-state index contributed by atoms with van der Waals surface area (Å²) in [5.74, 6) is 16.2. The number of rotatable bonds is 6. The van der Waals surface area contributed by atoms with Crippen LogP contribution in [-0.4, -0.2) is 63.6 Å². The Labute approximate surface area is 141 Å². The topological polar surface area (TPSA) is 43.2 Å². The van der Waals surface area contributed by atoms with Gasteiger partial charge in [-0.1, -0.05) is 0 Å². The van der Waals surface area contributed by atoms with Crippen molar-refractivity contribution >= 4 is 38.3 Å². The van der Waals surface area contributed by atoms with Crippen LogP contribution in [0.25, 0.3) is 0 Å². The average molecular weight is 432 g/mol. The van der Waals surface area contributed by atoms with Crippen molar-refractivity contribution in [2.45, 2.75) is 71.0 Å². The van der Waals surface area contributed by atoms with Crippen molar-refractivity contribution < 1.29 is 9.47 Å². The third-order valence-electron chi connectivity index (χ3n) is 3.33. The molecule has 1 rings (SSSR count). The SMILES string of the molecule is CCOC1=NC([CH2][Ge]([CH3])([CH3])[CH3])C(OCC)=NC1[CH2][Ge]([CH3])([CH3])[CH3]. The van der Waals surface area contributed by atoms with Crippen molar-refractivity contribution in [1.82, 2.24) is 0 Å². The van der Waals surface area contributed by atoms with Crippen LogP contribution in [0.5, 0.6) is 0 Å². The molecule has 0 amide bonds. The molecule has 0 saturated carbocycles. The fraction of sp³-hybridized carbons (Fsp3) is 0.875. The van der Waals surface area contributed by atoms with E-state index in [9.17, 15) is 0 Å². The van der Waals surface area contributed by atoms with Gasteiger partial charge in [-0.2, -0.15) is 0 Å². The van der Waals surface area contributed by atoms with Gasteiger partial charge >= 0.3 is 142 Å². The molecule has 2 atom stereocenters. The van der Waals surface area contributed by atoms with Gasteiger partial charge in [0, 0.05) is 0 Å². The van der Waals surface area contributed by atoms with Crippen molar-refractivity contribution in [3.05, 3.63) is 0 Å². The van der Waals surface area contributed by atoms with E-state index in [0.717, 1.165) is 22.3 Å². The summed E-state index contributed by atoms with van der Waals surface area (Å²) in [5.41, 5.74) is 0. The van der Waals surface area contributed by atoms with Gasteiger partial charge in [0.15, 0.2) is 0 Å². The Kier molecular flexibility index (Phi) is 7.50. The fourth-order valence-electron chi connectivity index (χ4n) is 2.58. The molecule has 0 bridgehead atoms. The molecular formula is C16H34Ge2N2O2. The van der Waals surface area contributed by atoms with Crippen molar-refractivity contribution in [1.29, 1.82) is 0 Å². The van der Waals surface area contributed by atoms with Crippen molar-refractivity contribution in [2.24, 2.45) is 9.98 Å². The molecule has 4 nitrogen and oxygen atoms in total. The molecule has 128 valence electrons. The maximum atomic E-state index is 5.85. The number of ether oxygens (including phenoxy) is 2. The van der Waals surface area contributed by atoms with Crippen LogP contribution in [0, 0.1) is 0 Å². The minimum atomic E-state index is -1.75. The van der Waals surface area contributed by atoms with E-state index in [0.29, 0.717) is 13.2 Å². The van der Waals surface area contributed by atoms with Gasteiger partial charge in [-0.3, -0.25) is 0 Å². The summed E-state index contributed by atoms with van der Waals surface area (Å²) in [5, 5.41) is 2.22. The Bertz CT molecular complexity index is 383. The second-order valence-electron chi connectivity index (χ2n) is 8.36. The summed E-state index contributed by atoms with van der Waals surface area (Å²) in [6, 6.07) is 0.149. The van der Waals surface area contributed by atoms with Crippen LogP contribution in [0.4, 0.5) is 0 Å². The minimum absolute atomic E-state index is 0.0743. The molecule has 1 aliphatic rings. The maximum absolute atomic E-state index is 5.85. The first-order chi connectivity index (χ1) is 10.1. The quantitative estimate of drug-likeness (QED) is 0.589. The molecule has 6 heteroatoms. The van der Waals surface area contributed by atoms with Crippen molar-refractivity contribution in [2.75, 3.05) is 13.2 Å². The normalized spacial score (nSPS) is 22.9. The van der Waals surface area contributed by atoms with Gasteiger partial charge in [0.1, 0.15) is 0 Å². The molecule has 0 aliphatic carbocycles. The van der Waals surface area contributed by atoms with Crippen molar-refractivity contribution in [3.8, 4) is 0 Å². The second kappa shape index (κ2) is 8.22. The zero-order chi connectivity index (χ0) is 17.0. The molecule has 2 unspecified atom stereocenters.